The number of nitrogens with zero attached hydrogens (tertiary/aromatic N) is 2. The van der Waals surface area contributed by atoms with Crippen LogP contribution in [-0.2, 0) is 6.61 Å². The molecule has 1 aromatic rings. The van der Waals surface area contributed by atoms with Crippen molar-refractivity contribution in [1.29, 1.82) is 0 Å². The van der Waals surface area contributed by atoms with Gasteiger partial charge in [0.05, 0.1) is 6.20 Å². The van der Waals surface area contributed by atoms with Crippen molar-refractivity contribution in [2.45, 2.75) is 25.9 Å². The zero-order valence-electron chi connectivity index (χ0n) is 8.44. The fraction of sp³-hybridized carbons (Fsp3) is 0.700. The number of rotatable bonds is 3. The van der Waals surface area contributed by atoms with Crippen LogP contribution in [0.25, 0.3) is 0 Å². The first-order valence-electron chi connectivity index (χ1n) is 5.11. The lowest BCUT2D eigenvalue weighted by atomic mass is 10.1. The third-order valence-corrected chi connectivity index (χ3v) is 2.80. The molecule has 0 spiro atoms. The highest BCUT2D eigenvalue weighted by molar-refractivity contribution is 5.01. The standard InChI is InChI=1S/C10H16N2O2/c1-2-12-4-3-8(6-12)10-11-5-9(7-13)14-10/h5,8,13H,2-4,6-7H2,1H3. The lowest BCUT2D eigenvalue weighted by Crippen LogP contribution is -2.19. The number of aromatic nitrogens is 1. The maximum Gasteiger partial charge on any atom is 0.198 e. The molecule has 0 aromatic carbocycles. The van der Waals surface area contributed by atoms with E-state index in [0.717, 1.165) is 31.9 Å². The highest BCUT2D eigenvalue weighted by Crippen LogP contribution is 2.26. The van der Waals surface area contributed by atoms with Gasteiger partial charge in [-0.25, -0.2) is 4.98 Å². The maximum absolute atomic E-state index is 8.85. The zero-order chi connectivity index (χ0) is 9.97. The quantitative estimate of drug-likeness (QED) is 0.782. The molecule has 1 fully saturated rings. The van der Waals surface area contributed by atoms with Crippen molar-refractivity contribution in [3.05, 3.63) is 17.8 Å². The Hall–Kier alpha value is -0.870. The fourth-order valence-electron chi connectivity index (χ4n) is 1.91. The Morgan fingerprint density at radius 3 is 3.14 bits per heavy atom. The highest BCUT2D eigenvalue weighted by atomic mass is 16.4. The van der Waals surface area contributed by atoms with Crippen LogP contribution in [0.2, 0.25) is 0 Å². The van der Waals surface area contributed by atoms with Gasteiger partial charge in [0, 0.05) is 12.5 Å². The van der Waals surface area contributed by atoms with Crippen LogP contribution in [0.5, 0.6) is 0 Å². The molecule has 2 rings (SSSR count). The molecule has 1 aliphatic heterocycles. The largest absolute Gasteiger partial charge is 0.443 e. The van der Waals surface area contributed by atoms with Gasteiger partial charge in [0.2, 0.25) is 0 Å². The molecule has 1 saturated heterocycles. The van der Waals surface area contributed by atoms with Crippen LogP contribution in [-0.4, -0.2) is 34.6 Å². The van der Waals surface area contributed by atoms with Gasteiger partial charge in [-0.3, -0.25) is 0 Å². The summed E-state index contributed by atoms with van der Waals surface area (Å²) in [5, 5.41) is 8.85. The van der Waals surface area contributed by atoms with E-state index < -0.39 is 0 Å². The van der Waals surface area contributed by atoms with Crippen molar-refractivity contribution in [1.82, 2.24) is 9.88 Å². The number of likely N-dealkylation sites (tertiary alicyclic amines) is 1. The zero-order valence-corrected chi connectivity index (χ0v) is 8.44. The molecule has 0 aliphatic carbocycles. The molecule has 0 radical (unpaired) electrons. The number of likely N-dealkylation sites (N-methyl/N-ethyl adjacent to an activating group) is 1. The third-order valence-electron chi connectivity index (χ3n) is 2.80. The van der Waals surface area contributed by atoms with Crippen molar-refractivity contribution < 1.29 is 9.52 Å². The van der Waals surface area contributed by atoms with Crippen LogP contribution in [0.15, 0.2) is 10.6 Å². The molecule has 1 aromatic heterocycles. The van der Waals surface area contributed by atoms with E-state index in [-0.39, 0.29) is 6.61 Å². The van der Waals surface area contributed by atoms with E-state index in [4.69, 9.17) is 9.52 Å². The minimum Gasteiger partial charge on any atom is -0.443 e. The SMILES string of the molecule is CCN1CCC(c2ncc(CO)o2)C1. The summed E-state index contributed by atoms with van der Waals surface area (Å²) < 4.78 is 5.42. The van der Waals surface area contributed by atoms with Gasteiger partial charge in [-0.15, -0.1) is 0 Å². The number of hydrogen-bond acceptors (Lipinski definition) is 4. The maximum atomic E-state index is 8.85. The average molecular weight is 196 g/mol. The second-order valence-electron chi connectivity index (χ2n) is 3.70. The van der Waals surface area contributed by atoms with Gasteiger partial charge in [-0.2, -0.15) is 0 Å². The van der Waals surface area contributed by atoms with Crippen molar-refractivity contribution in [2.75, 3.05) is 19.6 Å². The van der Waals surface area contributed by atoms with E-state index in [9.17, 15) is 0 Å². The molecule has 14 heavy (non-hydrogen) atoms. The van der Waals surface area contributed by atoms with Gasteiger partial charge < -0.3 is 14.4 Å². The Morgan fingerprint density at radius 1 is 1.71 bits per heavy atom. The fourth-order valence-corrected chi connectivity index (χ4v) is 1.91. The number of aliphatic hydroxyl groups excluding tert-OH is 1. The molecule has 1 N–H and O–H groups in total. The average Bonchev–Trinajstić information content (AvgIpc) is 2.86. The van der Waals surface area contributed by atoms with Gasteiger partial charge in [0.15, 0.2) is 5.89 Å². The predicted octanol–water partition coefficient (Wildman–Crippen LogP) is 0.976. The summed E-state index contributed by atoms with van der Waals surface area (Å²) in [5.41, 5.74) is 0. The first-order chi connectivity index (χ1) is 6.83. The summed E-state index contributed by atoms with van der Waals surface area (Å²) in [6.45, 7) is 5.35. The second kappa shape index (κ2) is 4.11. The third kappa shape index (κ3) is 1.81. The van der Waals surface area contributed by atoms with E-state index >= 15 is 0 Å². The Morgan fingerprint density at radius 2 is 2.57 bits per heavy atom. The molecule has 1 atom stereocenters. The Bertz CT molecular complexity index is 298. The van der Waals surface area contributed by atoms with Crippen molar-refractivity contribution >= 4 is 0 Å². The Kier molecular flexibility index (Phi) is 2.84. The lowest BCUT2D eigenvalue weighted by Gasteiger charge is -2.10. The van der Waals surface area contributed by atoms with Crippen LogP contribution >= 0.6 is 0 Å². The monoisotopic (exact) mass is 196 g/mol. The van der Waals surface area contributed by atoms with Gasteiger partial charge in [0.25, 0.3) is 0 Å². The number of hydrogen-bond donors (Lipinski definition) is 1. The number of oxazole rings is 1. The van der Waals surface area contributed by atoms with Gasteiger partial charge in [0.1, 0.15) is 12.4 Å². The van der Waals surface area contributed by atoms with E-state index in [2.05, 4.69) is 16.8 Å². The van der Waals surface area contributed by atoms with Crippen LogP contribution in [0, 0.1) is 0 Å². The van der Waals surface area contributed by atoms with Crippen LogP contribution < -0.4 is 0 Å². The van der Waals surface area contributed by atoms with E-state index in [1.165, 1.54) is 0 Å². The second-order valence-corrected chi connectivity index (χ2v) is 3.70. The van der Waals surface area contributed by atoms with Crippen molar-refractivity contribution in [2.24, 2.45) is 0 Å². The molecule has 1 unspecified atom stereocenters. The highest BCUT2D eigenvalue weighted by Gasteiger charge is 2.26. The van der Waals surface area contributed by atoms with Gasteiger partial charge in [-0.1, -0.05) is 6.92 Å². The molecular weight excluding hydrogens is 180 g/mol. The normalized spacial score (nSPS) is 23.1. The molecular formula is C10H16N2O2. The van der Waals surface area contributed by atoms with E-state index in [1.54, 1.807) is 6.20 Å². The predicted molar refractivity (Wildman–Crippen MR) is 51.9 cm³/mol. The smallest absolute Gasteiger partial charge is 0.198 e. The van der Waals surface area contributed by atoms with Crippen LogP contribution in [0.3, 0.4) is 0 Å². The molecule has 2 heterocycles. The Balaban J connectivity index is 2.02. The first-order valence-corrected chi connectivity index (χ1v) is 5.11. The van der Waals surface area contributed by atoms with Crippen LogP contribution in [0.4, 0.5) is 0 Å². The summed E-state index contributed by atoms with van der Waals surface area (Å²) in [4.78, 5) is 6.57. The minimum absolute atomic E-state index is 0.0583. The molecule has 0 bridgehead atoms. The van der Waals surface area contributed by atoms with Crippen molar-refractivity contribution in [3.63, 3.8) is 0 Å². The molecule has 1 aliphatic rings. The molecule has 0 amide bonds. The van der Waals surface area contributed by atoms with Crippen molar-refractivity contribution in [3.8, 4) is 0 Å². The molecule has 0 saturated carbocycles. The van der Waals surface area contributed by atoms with Gasteiger partial charge in [-0.05, 0) is 19.5 Å². The summed E-state index contributed by atoms with van der Waals surface area (Å²) in [7, 11) is 0. The summed E-state index contributed by atoms with van der Waals surface area (Å²) in [6.07, 6.45) is 2.73. The topological polar surface area (TPSA) is 49.5 Å². The first kappa shape index (κ1) is 9.68. The molecule has 4 nitrogen and oxygen atoms in total. The minimum atomic E-state index is -0.0583. The van der Waals surface area contributed by atoms with Gasteiger partial charge >= 0.3 is 0 Å². The molecule has 4 heteroatoms. The molecule has 78 valence electrons. The lowest BCUT2D eigenvalue weighted by molar-refractivity contribution is 0.240. The van der Waals surface area contributed by atoms with Crippen LogP contribution in [0.1, 0.15) is 30.9 Å². The summed E-state index contributed by atoms with van der Waals surface area (Å²) >= 11 is 0. The summed E-state index contributed by atoms with van der Waals surface area (Å²) in [6, 6.07) is 0. The summed E-state index contributed by atoms with van der Waals surface area (Å²) in [5.74, 6) is 1.76. The number of aliphatic hydroxyl groups is 1. The van der Waals surface area contributed by atoms with E-state index in [1.807, 2.05) is 0 Å². The van der Waals surface area contributed by atoms with E-state index in [0.29, 0.717) is 11.7 Å². The Labute approximate surface area is 83.5 Å².